The number of benzene rings is 1. The van der Waals surface area contributed by atoms with Crippen LogP contribution < -0.4 is 5.32 Å². The maximum atomic E-state index is 11.6. The Kier molecular flexibility index (Phi) is 5.05. The molecule has 0 spiro atoms. The van der Waals surface area contributed by atoms with Crippen LogP contribution in [0.2, 0.25) is 0 Å². The van der Waals surface area contributed by atoms with Gasteiger partial charge in [0.05, 0.1) is 13.0 Å². The molecule has 0 saturated heterocycles. The summed E-state index contributed by atoms with van der Waals surface area (Å²) in [5.74, 6) is -1.46. The lowest BCUT2D eigenvalue weighted by atomic mass is 10.1. The Labute approximate surface area is 111 Å². The molecular formula is C13H16N2O4. The Morgan fingerprint density at radius 2 is 2.00 bits per heavy atom. The standard InChI is InChI=1S/C13H16N2O4/c1-9(16)15(2)8-12(17)14-11-5-3-4-10(6-11)7-13(18)19/h3-6H,7-8H2,1-2H3,(H,14,17)(H,18,19). The summed E-state index contributed by atoms with van der Waals surface area (Å²) in [5, 5.41) is 11.3. The van der Waals surface area contributed by atoms with Crippen LogP contribution in [0.3, 0.4) is 0 Å². The van der Waals surface area contributed by atoms with Crippen LogP contribution in [0.4, 0.5) is 5.69 Å². The highest BCUT2D eigenvalue weighted by Gasteiger charge is 2.09. The second-order valence-corrected chi connectivity index (χ2v) is 4.19. The first-order valence-electron chi connectivity index (χ1n) is 5.71. The van der Waals surface area contributed by atoms with Crippen molar-refractivity contribution in [2.24, 2.45) is 0 Å². The number of nitrogens with one attached hydrogen (secondary N) is 1. The third-order valence-corrected chi connectivity index (χ3v) is 2.48. The average Bonchev–Trinajstić information content (AvgIpc) is 2.27. The molecule has 2 N–H and O–H groups in total. The zero-order valence-corrected chi connectivity index (χ0v) is 10.8. The summed E-state index contributed by atoms with van der Waals surface area (Å²) in [6, 6.07) is 6.60. The summed E-state index contributed by atoms with van der Waals surface area (Å²) in [4.78, 5) is 34.5. The van der Waals surface area contributed by atoms with Crippen LogP contribution in [-0.2, 0) is 20.8 Å². The van der Waals surface area contributed by atoms with Gasteiger partial charge in [-0.15, -0.1) is 0 Å². The summed E-state index contributed by atoms with van der Waals surface area (Å²) >= 11 is 0. The average molecular weight is 264 g/mol. The van der Waals surface area contributed by atoms with Crippen LogP contribution in [0.1, 0.15) is 12.5 Å². The predicted octanol–water partition coefficient (Wildman–Crippen LogP) is 0.730. The summed E-state index contributed by atoms with van der Waals surface area (Å²) < 4.78 is 0. The van der Waals surface area contributed by atoms with Gasteiger partial charge in [0, 0.05) is 19.7 Å². The molecule has 6 heteroatoms. The van der Waals surface area contributed by atoms with Crippen LogP contribution >= 0.6 is 0 Å². The molecule has 0 aromatic heterocycles. The summed E-state index contributed by atoms with van der Waals surface area (Å²) in [6.07, 6.45) is -0.100. The Bertz CT molecular complexity index is 499. The van der Waals surface area contributed by atoms with Gasteiger partial charge in [-0.1, -0.05) is 12.1 Å². The van der Waals surface area contributed by atoms with E-state index >= 15 is 0 Å². The monoisotopic (exact) mass is 264 g/mol. The van der Waals surface area contributed by atoms with Crippen molar-refractivity contribution < 1.29 is 19.5 Å². The Hall–Kier alpha value is -2.37. The van der Waals surface area contributed by atoms with Gasteiger partial charge >= 0.3 is 5.97 Å². The number of nitrogens with zero attached hydrogens (tertiary/aromatic N) is 1. The van der Waals surface area contributed by atoms with Gasteiger partial charge < -0.3 is 15.3 Å². The van der Waals surface area contributed by atoms with E-state index in [2.05, 4.69) is 5.32 Å². The van der Waals surface area contributed by atoms with Crippen LogP contribution in [0.15, 0.2) is 24.3 Å². The highest BCUT2D eigenvalue weighted by atomic mass is 16.4. The smallest absolute Gasteiger partial charge is 0.307 e. The van der Waals surface area contributed by atoms with Gasteiger partial charge in [-0.25, -0.2) is 0 Å². The fourth-order valence-corrected chi connectivity index (χ4v) is 1.46. The number of amides is 2. The van der Waals surface area contributed by atoms with E-state index in [0.29, 0.717) is 11.3 Å². The number of carbonyl (C=O) groups is 3. The van der Waals surface area contributed by atoms with E-state index in [9.17, 15) is 14.4 Å². The molecule has 1 aromatic rings. The number of hydrogen-bond donors (Lipinski definition) is 2. The second kappa shape index (κ2) is 6.53. The Morgan fingerprint density at radius 1 is 1.32 bits per heavy atom. The van der Waals surface area contributed by atoms with Crippen molar-refractivity contribution in [1.29, 1.82) is 0 Å². The van der Waals surface area contributed by atoms with Crippen molar-refractivity contribution in [2.45, 2.75) is 13.3 Å². The van der Waals surface area contributed by atoms with E-state index in [4.69, 9.17) is 5.11 Å². The molecule has 0 bridgehead atoms. The summed E-state index contributed by atoms with van der Waals surface area (Å²) in [7, 11) is 1.53. The molecule has 0 unspecified atom stereocenters. The van der Waals surface area contributed by atoms with Gasteiger partial charge in [0.25, 0.3) is 0 Å². The van der Waals surface area contributed by atoms with Crippen LogP contribution in [0.5, 0.6) is 0 Å². The maximum Gasteiger partial charge on any atom is 0.307 e. The number of likely N-dealkylation sites (N-methyl/N-ethyl adjacent to an activating group) is 1. The van der Waals surface area contributed by atoms with Crippen LogP contribution in [0.25, 0.3) is 0 Å². The molecule has 1 rings (SSSR count). The highest BCUT2D eigenvalue weighted by Crippen LogP contribution is 2.11. The molecule has 6 nitrogen and oxygen atoms in total. The Morgan fingerprint density at radius 3 is 2.58 bits per heavy atom. The normalized spacial score (nSPS) is 9.79. The van der Waals surface area contributed by atoms with Crippen molar-refractivity contribution in [3.05, 3.63) is 29.8 Å². The minimum Gasteiger partial charge on any atom is -0.481 e. The molecule has 1 aromatic carbocycles. The number of rotatable bonds is 5. The van der Waals surface area contributed by atoms with E-state index in [0.717, 1.165) is 0 Å². The molecule has 0 aliphatic rings. The highest BCUT2D eigenvalue weighted by molar-refractivity contribution is 5.94. The van der Waals surface area contributed by atoms with E-state index in [1.165, 1.54) is 18.9 Å². The maximum absolute atomic E-state index is 11.6. The van der Waals surface area contributed by atoms with Crippen molar-refractivity contribution in [1.82, 2.24) is 4.90 Å². The molecule has 0 aliphatic carbocycles. The topological polar surface area (TPSA) is 86.7 Å². The summed E-state index contributed by atoms with van der Waals surface area (Å²) in [6.45, 7) is 1.33. The number of anilines is 1. The third kappa shape index (κ3) is 5.20. The first kappa shape index (κ1) is 14.7. The van der Waals surface area contributed by atoms with Gasteiger partial charge in [0.2, 0.25) is 11.8 Å². The lowest BCUT2D eigenvalue weighted by Crippen LogP contribution is -2.33. The molecule has 102 valence electrons. The molecule has 0 heterocycles. The fraction of sp³-hybridized carbons (Fsp3) is 0.308. The molecule has 0 atom stereocenters. The lowest BCUT2D eigenvalue weighted by molar-refractivity contribution is -0.136. The molecule has 19 heavy (non-hydrogen) atoms. The molecule has 0 aliphatic heterocycles. The first-order valence-corrected chi connectivity index (χ1v) is 5.71. The predicted molar refractivity (Wildman–Crippen MR) is 69.7 cm³/mol. The molecule has 0 radical (unpaired) electrons. The SMILES string of the molecule is CC(=O)N(C)CC(=O)Nc1cccc(CC(=O)O)c1. The zero-order valence-electron chi connectivity index (χ0n) is 10.8. The third-order valence-electron chi connectivity index (χ3n) is 2.48. The number of hydrogen-bond acceptors (Lipinski definition) is 3. The zero-order chi connectivity index (χ0) is 14.4. The molecule has 0 saturated carbocycles. The van der Waals surface area contributed by atoms with Crippen LogP contribution in [-0.4, -0.2) is 41.4 Å². The quantitative estimate of drug-likeness (QED) is 0.820. The summed E-state index contributed by atoms with van der Waals surface area (Å²) in [5.41, 5.74) is 1.12. The largest absolute Gasteiger partial charge is 0.481 e. The van der Waals surface area contributed by atoms with Crippen molar-refractivity contribution in [3.8, 4) is 0 Å². The number of carboxylic acid groups (broad SMARTS) is 1. The fourth-order valence-electron chi connectivity index (χ4n) is 1.46. The number of carboxylic acids is 1. The van der Waals surface area contributed by atoms with E-state index < -0.39 is 5.97 Å². The van der Waals surface area contributed by atoms with Crippen molar-refractivity contribution in [3.63, 3.8) is 0 Å². The number of aliphatic carboxylic acids is 1. The van der Waals surface area contributed by atoms with Gasteiger partial charge in [-0.2, -0.15) is 0 Å². The van der Waals surface area contributed by atoms with Crippen LogP contribution in [0, 0.1) is 0 Å². The second-order valence-electron chi connectivity index (χ2n) is 4.19. The van der Waals surface area contributed by atoms with Gasteiger partial charge in [0.1, 0.15) is 0 Å². The van der Waals surface area contributed by atoms with Gasteiger partial charge in [-0.05, 0) is 17.7 Å². The van der Waals surface area contributed by atoms with Crippen molar-refractivity contribution >= 4 is 23.5 Å². The Balaban J connectivity index is 2.64. The molecule has 0 fully saturated rings. The molecule has 2 amide bonds. The van der Waals surface area contributed by atoms with Gasteiger partial charge in [-0.3, -0.25) is 14.4 Å². The van der Waals surface area contributed by atoms with E-state index in [-0.39, 0.29) is 24.8 Å². The van der Waals surface area contributed by atoms with Crippen molar-refractivity contribution in [2.75, 3.05) is 18.9 Å². The minimum atomic E-state index is -0.931. The lowest BCUT2D eigenvalue weighted by Gasteiger charge is -2.14. The minimum absolute atomic E-state index is 0.0432. The first-order chi connectivity index (χ1) is 8.88. The number of carbonyl (C=O) groups excluding carboxylic acids is 2. The van der Waals surface area contributed by atoms with E-state index in [1.54, 1.807) is 24.3 Å². The van der Waals surface area contributed by atoms with E-state index in [1.807, 2.05) is 0 Å². The van der Waals surface area contributed by atoms with Gasteiger partial charge in [0.15, 0.2) is 0 Å². The molecular weight excluding hydrogens is 248 g/mol.